The molecule has 0 spiro atoms. The Bertz CT molecular complexity index is 530. The fourth-order valence-electron chi connectivity index (χ4n) is 1.75. The molecule has 2 aromatic rings. The van der Waals surface area contributed by atoms with Crippen molar-refractivity contribution in [2.24, 2.45) is 0 Å². The third-order valence-corrected chi connectivity index (χ3v) is 4.44. The highest BCUT2D eigenvalue weighted by Crippen LogP contribution is 2.17. The van der Waals surface area contributed by atoms with Crippen LogP contribution in [0.2, 0.25) is 0 Å². The summed E-state index contributed by atoms with van der Waals surface area (Å²) in [6.07, 6.45) is 1.15. The standard InChI is InChI=1S/C15H19BrN2OS/c1-2-7-17-8-15-18-13(11-20-15)10-19-9-12-5-3-4-6-14(12)16/h3-6,11,17H,2,7-10H2,1H3. The number of hydrogen-bond acceptors (Lipinski definition) is 4. The molecule has 0 amide bonds. The van der Waals surface area contributed by atoms with Crippen molar-refractivity contribution in [3.63, 3.8) is 0 Å². The zero-order chi connectivity index (χ0) is 14.2. The van der Waals surface area contributed by atoms with Gasteiger partial charge >= 0.3 is 0 Å². The average Bonchev–Trinajstić information content (AvgIpc) is 2.89. The predicted molar refractivity (Wildman–Crippen MR) is 86.7 cm³/mol. The normalized spacial score (nSPS) is 10.9. The molecule has 0 bridgehead atoms. The summed E-state index contributed by atoms with van der Waals surface area (Å²) in [5.41, 5.74) is 2.17. The van der Waals surface area contributed by atoms with E-state index in [0.29, 0.717) is 13.2 Å². The molecule has 0 saturated heterocycles. The number of nitrogens with zero attached hydrogens (tertiary/aromatic N) is 1. The van der Waals surface area contributed by atoms with Crippen molar-refractivity contribution < 1.29 is 4.74 Å². The Morgan fingerprint density at radius 2 is 2.15 bits per heavy atom. The minimum Gasteiger partial charge on any atom is -0.370 e. The van der Waals surface area contributed by atoms with E-state index in [0.717, 1.165) is 40.2 Å². The molecule has 0 unspecified atom stereocenters. The Morgan fingerprint density at radius 3 is 2.95 bits per heavy atom. The van der Waals surface area contributed by atoms with E-state index in [4.69, 9.17) is 4.74 Å². The first-order chi connectivity index (χ1) is 9.79. The molecule has 0 atom stereocenters. The van der Waals surface area contributed by atoms with Crippen LogP contribution in [0.3, 0.4) is 0 Å². The molecular weight excluding hydrogens is 336 g/mol. The molecular formula is C15H19BrN2OS. The molecule has 0 fully saturated rings. The Kier molecular flexibility index (Phi) is 6.66. The first-order valence-corrected chi connectivity index (χ1v) is 8.42. The van der Waals surface area contributed by atoms with Crippen molar-refractivity contribution >= 4 is 27.3 Å². The molecule has 1 heterocycles. The van der Waals surface area contributed by atoms with Crippen molar-refractivity contribution in [1.29, 1.82) is 0 Å². The molecule has 20 heavy (non-hydrogen) atoms. The van der Waals surface area contributed by atoms with Gasteiger partial charge in [-0.1, -0.05) is 41.1 Å². The van der Waals surface area contributed by atoms with Gasteiger partial charge in [0.2, 0.25) is 0 Å². The van der Waals surface area contributed by atoms with E-state index in [1.807, 2.05) is 18.2 Å². The van der Waals surface area contributed by atoms with E-state index >= 15 is 0 Å². The second kappa shape index (κ2) is 8.52. The molecule has 0 radical (unpaired) electrons. The zero-order valence-electron chi connectivity index (χ0n) is 11.6. The van der Waals surface area contributed by atoms with Crippen molar-refractivity contribution in [2.75, 3.05) is 6.54 Å². The highest BCUT2D eigenvalue weighted by Gasteiger charge is 2.03. The largest absolute Gasteiger partial charge is 0.370 e. The maximum Gasteiger partial charge on any atom is 0.107 e. The van der Waals surface area contributed by atoms with Gasteiger partial charge in [0, 0.05) is 16.4 Å². The van der Waals surface area contributed by atoms with Crippen LogP contribution >= 0.6 is 27.3 Å². The lowest BCUT2D eigenvalue weighted by atomic mass is 10.2. The molecule has 1 aromatic heterocycles. The van der Waals surface area contributed by atoms with Gasteiger partial charge in [0.05, 0.1) is 18.9 Å². The highest BCUT2D eigenvalue weighted by atomic mass is 79.9. The van der Waals surface area contributed by atoms with Gasteiger partial charge in [-0.3, -0.25) is 0 Å². The van der Waals surface area contributed by atoms with Crippen LogP contribution in [-0.2, 0) is 24.5 Å². The second-order valence-corrected chi connectivity index (χ2v) is 6.29. The van der Waals surface area contributed by atoms with Crippen LogP contribution in [0.25, 0.3) is 0 Å². The van der Waals surface area contributed by atoms with E-state index in [-0.39, 0.29) is 0 Å². The molecule has 0 saturated carbocycles. The van der Waals surface area contributed by atoms with Crippen LogP contribution in [0.15, 0.2) is 34.1 Å². The Balaban J connectivity index is 1.75. The van der Waals surface area contributed by atoms with Gasteiger partial charge in [0.25, 0.3) is 0 Å². The van der Waals surface area contributed by atoms with E-state index in [1.165, 1.54) is 0 Å². The van der Waals surface area contributed by atoms with Crippen molar-refractivity contribution in [2.45, 2.75) is 33.1 Å². The summed E-state index contributed by atoms with van der Waals surface area (Å²) in [6.45, 7) is 5.21. The number of benzene rings is 1. The topological polar surface area (TPSA) is 34.2 Å². The van der Waals surface area contributed by atoms with Crippen molar-refractivity contribution in [1.82, 2.24) is 10.3 Å². The second-order valence-electron chi connectivity index (χ2n) is 4.49. The van der Waals surface area contributed by atoms with Gasteiger partial charge in [-0.15, -0.1) is 11.3 Å². The summed E-state index contributed by atoms with van der Waals surface area (Å²) >= 11 is 5.21. The lowest BCUT2D eigenvalue weighted by Gasteiger charge is -2.04. The number of ether oxygens (including phenoxy) is 1. The van der Waals surface area contributed by atoms with Crippen LogP contribution in [0, 0.1) is 0 Å². The first-order valence-electron chi connectivity index (χ1n) is 6.74. The fraction of sp³-hybridized carbons (Fsp3) is 0.400. The SMILES string of the molecule is CCCNCc1nc(COCc2ccccc2Br)cs1. The minimum absolute atomic E-state index is 0.561. The fourth-order valence-corrected chi connectivity index (χ4v) is 2.90. The van der Waals surface area contributed by atoms with Gasteiger partial charge in [0.15, 0.2) is 0 Å². The molecule has 3 nitrogen and oxygen atoms in total. The van der Waals surface area contributed by atoms with Gasteiger partial charge in [0.1, 0.15) is 5.01 Å². The summed E-state index contributed by atoms with van der Waals surface area (Å²) in [4.78, 5) is 4.55. The zero-order valence-corrected chi connectivity index (χ0v) is 14.0. The quantitative estimate of drug-likeness (QED) is 0.724. The average molecular weight is 355 g/mol. The molecule has 0 aliphatic rings. The number of nitrogens with one attached hydrogen (secondary N) is 1. The van der Waals surface area contributed by atoms with Gasteiger partial charge in [-0.25, -0.2) is 4.98 Å². The number of thiazole rings is 1. The summed E-state index contributed by atoms with van der Waals surface area (Å²) in [7, 11) is 0. The summed E-state index contributed by atoms with van der Waals surface area (Å²) in [6, 6.07) is 8.11. The van der Waals surface area contributed by atoms with E-state index in [9.17, 15) is 0 Å². The van der Waals surface area contributed by atoms with Crippen molar-refractivity contribution in [3.05, 3.63) is 50.4 Å². The lowest BCUT2D eigenvalue weighted by molar-refractivity contribution is 0.104. The molecule has 108 valence electrons. The summed E-state index contributed by atoms with van der Waals surface area (Å²) < 4.78 is 6.81. The molecule has 2 rings (SSSR count). The molecule has 1 aromatic carbocycles. The molecule has 0 aliphatic carbocycles. The third-order valence-electron chi connectivity index (χ3n) is 2.77. The van der Waals surface area contributed by atoms with Gasteiger partial charge < -0.3 is 10.1 Å². The predicted octanol–water partition coefficient (Wildman–Crippen LogP) is 4.12. The number of rotatable bonds is 8. The Hall–Kier alpha value is -0.750. The minimum atomic E-state index is 0.561. The van der Waals surface area contributed by atoms with Crippen LogP contribution in [0.1, 0.15) is 29.6 Å². The molecule has 5 heteroatoms. The lowest BCUT2D eigenvalue weighted by Crippen LogP contribution is -2.13. The van der Waals surface area contributed by atoms with Gasteiger partial charge in [-0.2, -0.15) is 0 Å². The van der Waals surface area contributed by atoms with Crippen LogP contribution < -0.4 is 5.32 Å². The summed E-state index contributed by atoms with van der Waals surface area (Å²) in [5.74, 6) is 0. The maximum atomic E-state index is 5.72. The van der Waals surface area contributed by atoms with Crippen LogP contribution in [0.5, 0.6) is 0 Å². The van der Waals surface area contributed by atoms with Gasteiger partial charge in [-0.05, 0) is 24.6 Å². The number of aromatic nitrogens is 1. The Morgan fingerprint density at radius 1 is 1.30 bits per heavy atom. The third kappa shape index (κ3) is 4.98. The van der Waals surface area contributed by atoms with E-state index < -0.39 is 0 Å². The van der Waals surface area contributed by atoms with Crippen molar-refractivity contribution in [3.8, 4) is 0 Å². The molecule has 1 N–H and O–H groups in total. The number of hydrogen-bond donors (Lipinski definition) is 1. The monoisotopic (exact) mass is 354 g/mol. The maximum absolute atomic E-state index is 5.72. The Labute approximate surface area is 132 Å². The van der Waals surface area contributed by atoms with Crippen LogP contribution in [-0.4, -0.2) is 11.5 Å². The molecule has 0 aliphatic heterocycles. The summed E-state index contributed by atoms with van der Waals surface area (Å²) in [5, 5.41) is 6.55. The number of halogens is 1. The van der Waals surface area contributed by atoms with E-state index in [1.54, 1.807) is 11.3 Å². The highest BCUT2D eigenvalue weighted by molar-refractivity contribution is 9.10. The smallest absolute Gasteiger partial charge is 0.107 e. The van der Waals surface area contributed by atoms with Crippen LogP contribution in [0.4, 0.5) is 0 Å². The van der Waals surface area contributed by atoms with E-state index in [2.05, 4.69) is 44.6 Å². The first kappa shape index (κ1) is 15.6.